The van der Waals surface area contributed by atoms with Crippen molar-refractivity contribution in [2.75, 3.05) is 13.1 Å². The number of benzene rings is 2. The molecule has 0 spiro atoms. The number of aryl methyl sites for hydroxylation is 1. The molecular weight excluding hydrogens is 334 g/mol. The maximum Gasteiger partial charge on any atom is 0.253 e. The van der Waals surface area contributed by atoms with Crippen LogP contribution in [0.2, 0.25) is 5.02 Å². The van der Waals surface area contributed by atoms with Crippen LogP contribution in [0.4, 0.5) is 0 Å². The van der Waals surface area contributed by atoms with E-state index in [-0.39, 0.29) is 17.6 Å². The lowest BCUT2D eigenvalue weighted by molar-refractivity contribution is -0.124. The zero-order valence-corrected chi connectivity index (χ0v) is 14.9. The molecule has 0 aromatic heterocycles. The molecule has 1 fully saturated rings. The topological polar surface area (TPSA) is 37.4 Å². The van der Waals surface area contributed by atoms with Gasteiger partial charge in [0.15, 0.2) is 0 Å². The summed E-state index contributed by atoms with van der Waals surface area (Å²) in [7, 11) is 0. The molecule has 1 saturated heterocycles. The Balaban J connectivity index is 1.57. The number of hydrogen-bond donors (Lipinski definition) is 0. The first kappa shape index (κ1) is 17.7. The van der Waals surface area contributed by atoms with Gasteiger partial charge in [0.25, 0.3) is 5.91 Å². The van der Waals surface area contributed by atoms with Crippen LogP contribution in [0, 0.1) is 5.92 Å². The summed E-state index contributed by atoms with van der Waals surface area (Å²) >= 11 is 5.88. The molecule has 3 nitrogen and oxygen atoms in total. The minimum Gasteiger partial charge on any atom is -0.338 e. The second-order valence-electron chi connectivity index (χ2n) is 6.55. The number of carbonyl (C=O) groups is 2. The molecule has 3 rings (SSSR count). The van der Waals surface area contributed by atoms with Gasteiger partial charge in [-0.15, -0.1) is 0 Å². The van der Waals surface area contributed by atoms with Gasteiger partial charge in [0, 0.05) is 36.0 Å². The van der Waals surface area contributed by atoms with Crippen LogP contribution in [0.25, 0.3) is 0 Å². The van der Waals surface area contributed by atoms with Crippen LogP contribution >= 0.6 is 11.6 Å². The number of halogens is 1. The van der Waals surface area contributed by atoms with E-state index in [1.165, 1.54) is 5.56 Å². The first-order chi connectivity index (χ1) is 12.1. The predicted octanol–water partition coefficient (Wildman–Crippen LogP) is 4.39. The monoisotopic (exact) mass is 355 g/mol. The van der Waals surface area contributed by atoms with Crippen molar-refractivity contribution in [2.24, 2.45) is 5.92 Å². The molecule has 4 heteroatoms. The number of likely N-dealkylation sites (tertiary alicyclic amines) is 1. The number of piperidine rings is 1. The Morgan fingerprint density at radius 1 is 1.04 bits per heavy atom. The van der Waals surface area contributed by atoms with Gasteiger partial charge in [0.05, 0.1) is 0 Å². The summed E-state index contributed by atoms with van der Waals surface area (Å²) in [5, 5.41) is 0.615. The number of ketones is 1. The summed E-state index contributed by atoms with van der Waals surface area (Å²) < 4.78 is 0. The maximum atomic E-state index is 12.6. The largest absolute Gasteiger partial charge is 0.338 e. The third-order valence-corrected chi connectivity index (χ3v) is 5.01. The number of hydrogen-bond acceptors (Lipinski definition) is 2. The van der Waals surface area contributed by atoms with Crippen LogP contribution in [0.3, 0.4) is 0 Å². The SMILES string of the molecule is O=C(CCc1ccccc1)C1CCCN(C(=O)c2ccc(Cl)cc2)C1. The Bertz CT molecular complexity index is 727. The molecule has 0 saturated carbocycles. The van der Waals surface area contributed by atoms with Gasteiger partial charge in [-0.05, 0) is 49.1 Å². The van der Waals surface area contributed by atoms with E-state index in [1.54, 1.807) is 29.2 Å². The molecule has 0 radical (unpaired) electrons. The second kappa shape index (κ2) is 8.30. The van der Waals surface area contributed by atoms with Crippen molar-refractivity contribution in [2.45, 2.75) is 25.7 Å². The van der Waals surface area contributed by atoms with Gasteiger partial charge in [0.1, 0.15) is 5.78 Å². The van der Waals surface area contributed by atoms with Gasteiger partial charge in [-0.2, -0.15) is 0 Å². The fourth-order valence-electron chi connectivity index (χ4n) is 3.32. The van der Waals surface area contributed by atoms with Crippen LogP contribution in [-0.2, 0) is 11.2 Å². The molecule has 1 aliphatic rings. The van der Waals surface area contributed by atoms with Gasteiger partial charge in [-0.3, -0.25) is 9.59 Å². The molecule has 1 amide bonds. The average Bonchev–Trinajstić information content (AvgIpc) is 2.67. The lowest BCUT2D eigenvalue weighted by atomic mass is 9.90. The predicted molar refractivity (Wildman–Crippen MR) is 99.8 cm³/mol. The Labute approximate surface area is 153 Å². The van der Waals surface area contributed by atoms with E-state index in [0.29, 0.717) is 30.1 Å². The minimum atomic E-state index is -0.0475. The number of rotatable bonds is 5. The number of Topliss-reactive ketones (excluding diaryl/α,β-unsaturated/α-hetero) is 1. The van der Waals surface area contributed by atoms with Crippen molar-refractivity contribution < 1.29 is 9.59 Å². The zero-order chi connectivity index (χ0) is 17.6. The molecule has 1 heterocycles. The van der Waals surface area contributed by atoms with Gasteiger partial charge >= 0.3 is 0 Å². The smallest absolute Gasteiger partial charge is 0.253 e. The van der Waals surface area contributed by atoms with Crippen LogP contribution in [0.15, 0.2) is 54.6 Å². The highest BCUT2D eigenvalue weighted by atomic mass is 35.5. The Kier molecular flexibility index (Phi) is 5.87. The summed E-state index contributed by atoms with van der Waals surface area (Å²) in [5.74, 6) is 0.198. The number of amides is 1. The van der Waals surface area contributed by atoms with Crippen LogP contribution in [0.1, 0.15) is 35.2 Å². The summed E-state index contributed by atoms with van der Waals surface area (Å²) in [6.07, 6.45) is 3.05. The summed E-state index contributed by atoms with van der Waals surface area (Å²) in [6, 6.07) is 17.0. The van der Waals surface area contributed by atoms with E-state index in [4.69, 9.17) is 11.6 Å². The van der Waals surface area contributed by atoms with Gasteiger partial charge in [-0.25, -0.2) is 0 Å². The normalized spacial score (nSPS) is 17.3. The first-order valence-corrected chi connectivity index (χ1v) is 9.13. The van der Waals surface area contributed by atoms with E-state index in [2.05, 4.69) is 0 Å². The van der Waals surface area contributed by atoms with Crippen molar-refractivity contribution in [1.29, 1.82) is 0 Å². The fraction of sp³-hybridized carbons (Fsp3) is 0.333. The third kappa shape index (κ3) is 4.70. The third-order valence-electron chi connectivity index (χ3n) is 4.76. The first-order valence-electron chi connectivity index (χ1n) is 8.75. The highest BCUT2D eigenvalue weighted by molar-refractivity contribution is 6.30. The van der Waals surface area contributed by atoms with Crippen LogP contribution < -0.4 is 0 Å². The van der Waals surface area contributed by atoms with E-state index in [9.17, 15) is 9.59 Å². The van der Waals surface area contributed by atoms with E-state index >= 15 is 0 Å². The van der Waals surface area contributed by atoms with Gasteiger partial charge in [-0.1, -0.05) is 41.9 Å². The average molecular weight is 356 g/mol. The maximum absolute atomic E-state index is 12.6. The zero-order valence-electron chi connectivity index (χ0n) is 14.2. The Hall–Kier alpha value is -2.13. The molecule has 0 aliphatic carbocycles. The highest BCUT2D eigenvalue weighted by Gasteiger charge is 2.28. The van der Waals surface area contributed by atoms with E-state index < -0.39 is 0 Å². The van der Waals surface area contributed by atoms with E-state index in [1.807, 2.05) is 30.3 Å². The quantitative estimate of drug-likeness (QED) is 0.797. The fourth-order valence-corrected chi connectivity index (χ4v) is 3.44. The molecule has 2 aromatic rings. The summed E-state index contributed by atoms with van der Waals surface area (Å²) in [6.45, 7) is 1.24. The lowest BCUT2D eigenvalue weighted by Gasteiger charge is -2.32. The molecule has 130 valence electrons. The van der Waals surface area contributed by atoms with Crippen molar-refractivity contribution in [3.8, 4) is 0 Å². The lowest BCUT2D eigenvalue weighted by Crippen LogP contribution is -2.42. The van der Waals surface area contributed by atoms with Crippen molar-refractivity contribution >= 4 is 23.3 Å². The molecule has 1 unspecified atom stereocenters. The molecule has 2 aromatic carbocycles. The molecule has 25 heavy (non-hydrogen) atoms. The number of carbonyl (C=O) groups excluding carboxylic acids is 2. The molecule has 0 bridgehead atoms. The second-order valence-corrected chi connectivity index (χ2v) is 6.99. The minimum absolute atomic E-state index is 0.0165. The van der Waals surface area contributed by atoms with Crippen molar-refractivity contribution in [3.05, 3.63) is 70.7 Å². The van der Waals surface area contributed by atoms with E-state index in [0.717, 1.165) is 19.3 Å². The standard InChI is InChI=1S/C21H22ClNO2/c22-19-11-9-17(10-12-19)21(25)23-14-4-7-18(15-23)20(24)13-8-16-5-2-1-3-6-16/h1-3,5-6,9-12,18H,4,7-8,13-15H2. The summed E-state index contributed by atoms with van der Waals surface area (Å²) in [5.41, 5.74) is 1.81. The molecule has 1 aliphatic heterocycles. The molecule has 0 N–H and O–H groups in total. The highest BCUT2D eigenvalue weighted by Crippen LogP contribution is 2.22. The van der Waals surface area contributed by atoms with Crippen molar-refractivity contribution in [3.63, 3.8) is 0 Å². The van der Waals surface area contributed by atoms with Crippen molar-refractivity contribution in [1.82, 2.24) is 4.90 Å². The molecule has 1 atom stereocenters. The van der Waals surface area contributed by atoms with Crippen LogP contribution in [-0.4, -0.2) is 29.7 Å². The Morgan fingerprint density at radius 2 is 1.76 bits per heavy atom. The van der Waals surface area contributed by atoms with Gasteiger partial charge < -0.3 is 4.90 Å². The number of nitrogens with zero attached hydrogens (tertiary/aromatic N) is 1. The Morgan fingerprint density at radius 3 is 2.48 bits per heavy atom. The van der Waals surface area contributed by atoms with Crippen LogP contribution in [0.5, 0.6) is 0 Å². The molecular formula is C21H22ClNO2. The van der Waals surface area contributed by atoms with Gasteiger partial charge in [0.2, 0.25) is 0 Å². The summed E-state index contributed by atoms with van der Waals surface area (Å²) in [4.78, 5) is 27.0.